The van der Waals surface area contributed by atoms with Crippen LogP contribution in [0.4, 0.5) is 0 Å². The van der Waals surface area contributed by atoms with E-state index in [1.807, 2.05) is 24.8 Å². The van der Waals surface area contributed by atoms with Gasteiger partial charge < -0.3 is 0 Å². The van der Waals surface area contributed by atoms with Crippen LogP contribution >= 0.6 is 0 Å². The number of hydrogen-bond acceptors (Lipinski definition) is 4. The van der Waals surface area contributed by atoms with Crippen molar-refractivity contribution in [1.29, 1.82) is 0 Å². The summed E-state index contributed by atoms with van der Waals surface area (Å²) < 4.78 is 0. The van der Waals surface area contributed by atoms with Crippen LogP contribution in [0.25, 0.3) is 54.6 Å². The number of aromatic nitrogens is 4. The average molecular weight is 358 g/mol. The van der Waals surface area contributed by atoms with Crippen molar-refractivity contribution in [3.05, 3.63) is 86.0 Å². The van der Waals surface area contributed by atoms with Crippen LogP contribution in [0.1, 0.15) is 0 Å². The van der Waals surface area contributed by atoms with Gasteiger partial charge in [0.1, 0.15) is 12.7 Å². The summed E-state index contributed by atoms with van der Waals surface area (Å²) >= 11 is 0. The summed E-state index contributed by atoms with van der Waals surface area (Å²) in [6.07, 6.45) is 10.6. The largest absolute Gasteiger partial charge is 0.244 e. The molecule has 0 spiro atoms. The average Bonchev–Trinajstić information content (AvgIpc) is 2.78. The van der Waals surface area contributed by atoms with Crippen LogP contribution in [0, 0.1) is 0 Å². The maximum atomic E-state index is 4.24. The molecule has 2 aromatic heterocycles. The highest BCUT2D eigenvalue weighted by Crippen LogP contribution is 2.43. The predicted molar refractivity (Wildman–Crippen MR) is 112 cm³/mol. The van der Waals surface area contributed by atoms with Gasteiger partial charge >= 0.3 is 0 Å². The second-order valence-corrected chi connectivity index (χ2v) is 6.91. The number of rotatable bonds is 2. The Bertz CT molecular complexity index is 1340. The first-order chi connectivity index (χ1) is 13.9. The molecular formula is C24H14N4. The zero-order chi connectivity index (χ0) is 18.5. The summed E-state index contributed by atoms with van der Waals surface area (Å²) in [5, 5.41) is 7.44. The van der Waals surface area contributed by atoms with E-state index in [0.29, 0.717) is 0 Å². The van der Waals surface area contributed by atoms with Crippen LogP contribution in [0.2, 0.25) is 0 Å². The van der Waals surface area contributed by atoms with Gasteiger partial charge in [-0.25, -0.2) is 19.9 Å². The van der Waals surface area contributed by atoms with E-state index in [4.69, 9.17) is 0 Å². The fraction of sp³-hybridized carbons (Fsp3) is 0. The zero-order valence-electron chi connectivity index (χ0n) is 14.9. The summed E-state index contributed by atoms with van der Waals surface area (Å²) in [4.78, 5) is 16.9. The molecule has 0 N–H and O–H groups in total. The Morgan fingerprint density at radius 2 is 1.00 bits per heavy atom. The zero-order valence-corrected chi connectivity index (χ0v) is 14.9. The standard InChI is InChI=1S/C24H14N4/c1-2-15-4-6-19-21(17-9-25-13-26-10-17)8-22(18-11-27-14-28-12-18)20-7-5-16(3-1)23(15)24(19)20/h1-14H. The molecular weight excluding hydrogens is 344 g/mol. The molecule has 0 aliphatic rings. The van der Waals surface area contributed by atoms with Crippen molar-refractivity contribution in [3.63, 3.8) is 0 Å². The quantitative estimate of drug-likeness (QED) is 0.384. The molecule has 0 unspecified atom stereocenters. The van der Waals surface area contributed by atoms with E-state index in [9.17, 15) is 0 Å². The lowest BCUT2D eigenvalue weighted by molar-refractivity contribution is 1.17. The molecule has 6 rings (SSSR count). The molecule has 0 amide bonds. The monoisotopic (exact) mass is 358 g/mol. The molecule has 2 heterocycles. The Balaban J connectivity index is 1.86. The molecule has 130 valence electrons. The van der Waals surface area contributed by atoms with Crippen LogP contribution in [0.15, 0.2) is 86.0 Å². The first-order valence-electron chi connectivity index (χ1n) is 9.11. The van der Waals surface area contributed by atoms with E-state index in [1.165, 1.54) is 32.3 Å². The highest BCUT2D eigenvalue weighted by Gasteiger charge is 2.16. The molecule has 4 nitrogen and oxygen atoms in total. The molecule has 0 saturated carbocycles. The lowest BCUT2D eigenvalue weighted by Crippen LogP contribution is -1.92. The summed E-state index contributed by atoms with van der Waals surface area (Å²) in [5.74, 6) is 0. The van der Waals surface area contributed by atoms with Crippen molar-refractivity contribution in [1.82, 2.24) is 19.9 Å². The second kappa shape index (κ2) is 5.79. The van der Waals surface area contributed by atoms with Crippen molar-refractivity contribution in [2.75, 3.05) is 0 Å². The molecule has 0 radical (unpaired) electrons. The molecule has 6 aromatic rings. The minimum absolute atomic E-state index is 0.999. The summed E-state index contributed by atoms with van der Waals surface area (Å²) in [7, 11) is 0. The van der Waals surface area contributed by atoms with Crippen molar-refractivity contribution < 1.29 is 0 Å². The van der Waals surface area contributed by atoms with E-state index < -0.39 is 0 Å². The van der Waals surface area contributed by atoms with Crippen LogP contribution in [0.3, 0.4) is 0 Å². The van der Waals surface area contributed by atoms with Crippen molar-refractivity contribution in [2.24, 2.45) is 0 Å². The minimum Gasteiger partial charge on any atom is -0.244 e. The van der Waals surface area contributed by atoms with E-state index in [2.05, 4.69) is 68.5 Å². The van der Waals surface area contributed by atoms with Crippen LogP contribution < -0.4 is 0 Å². The van der Waals surface area contributed by atoms with E-state index >= 15 is 0 Å². The number of nitrogens with zero attached hydrogens (tertiary/aromatic N) is 4. The fourth-order valence-corrected chi connectivity index (χ4v) is 4.19. The van der Waals surface area contributed by atoms with Gasteiger partial charge in [-0.3, -0.25) is 0 Å². The van der Waals surface area contributed by atoms with Gasteiger partial charge in [0.2, 0.25) is 0 Å². The molecule has 4 aromatic carbocycles. The molecule has 0 saturated heterocycles. The second-order valence-electron chi connectivity index (χ2n) is 6.91. The van der Waals surface area contributed by atoms with Gasteiger partial charge in [-0.05, 0) is 49.5 Å². The molecule has 0 aliphatic heterocycles. The van der Waals surface area contributed by atoms with E-state index in [0.717, 1.165) is 22.3 Å². The summed E-state index contributed by atoms with van der Waals surface area (Å²) in [6, 6.07) is 17.5. The summed E-state index contributed by atoms with van der Waals surface area (Å²) in [5.41, 5.74) is 4.23. The molecule has 0 bridgehead atoms. The first-order valence-corrected chi connectivity index (χ1v) is 9.11. The highest BCUT2D eigenvalue weighted by atomic mass is 14.8. The van der Waals surface area contributed by atoms with Gasteiger partial charge in [0, 0.05) is 35.9 Å². The number of hydrogen-bond donors (Lipinski definition) is 0. The van der Waals surface area contributed by atoms with E-state index in [-0.39, 0.29) is 0 Å². The third-order valence-corrected chi connectivity index (χ3v) is 5.39. The summed E-state index contributed by atoms with van der Waals surface area (Å²) in [6.45, 7) is 0. The lowest BCUT2D eigenvalue weighted by Gasteiger charge is -2.17. The smallest absolute Gasteiger partial charge is 0.115 e. The minimum atomic E-state index is 0.999. The van der Waals surface area contributed by atoms with Crippen molar-refractivity contribution in [3.8, 4) is 22.3 Å². The van der Waals surface area contributed by atoms with Crippen LogP contribution in [-0.4, -0.2) is 19.9 Å². The normalized spacial score (nSPS) is 11.6. The van der Waals surface area contributed by atoms with Crippen molar-refractivity contribution in [2.45, 2.75) is 0 Å². The Kier molecular flexibility index (Phi) is 3.14. The predicted octanol–water partition coefficient (Wildman–Crippen LogP) is 5.50. The molecule has 0 aliphatic carbocycles. The Morgan fingerprint density at radius 1 is 0.500 bits per heavy atom. The third kappa shape index (κ3) is 2.12. The molecule has 4 heteroatoms. The van der Waals surface area contributed by atoms with Gasteiger partial charge in [-0.1, -0.05) is 42.5 Å². The molecule has 28 heavy (non-hydrogen) atoms. The van der Waals surface area contributed by atoms with Gasteiger partial charge in [0.25, 0.3) is 0 Å². The third-order valence-electron chi connectivity index (χ3n) is 5.39. The van der Waals surface area contributed by atoms with Gasteiger partial charge in [-0.15, -0.1) is 0 Å². The van der Waals surface area contributed by atoms with Gasteiger partial charge in [-0.2, -0.15) is 0 Å². The first kappa shape index (κ1) is 15.2. The molecule has 0 atom stereocenters. The Hall–Kier alpha value is -3.92. The SMILES string of the molecule is c1cc2ccc3c(-c4cncnc4)cc(-c4cncnc4)c4ccc(c1)c2c34. The maximum absolute atomic E-state index is 4.24. The topological polar surface area (TPSA) is 51.6 Å². The van der Waals surface area contributed by atoms with Crippen molar-refractivity contribution >= 4 is 32.3 Å². The Labute approximate surface area is 160 Å². The number of benzene rings is 4. The highest BCUT2D eigenvalue weighted by molar-refractivity contribution is 6.28. The maximum Gasteiger partial charge on any atom is 0.115 e. The van der Waals surface area contributed by atoms with E-state index in [1.54, 1.807) is 12.7 Å². The van der Waals surface area contributed by atoms with Gasteiger partial charge in [0.05, 0.1) is 0 Å². The molecule has 0 fully saturated rings. The van der Waals surface area contributed by atoms with Crippen LogP contribution in [-0.2, 0) is 0 Å². The lowest BCUT2D eigenvalue weighted by atomic mass is 9.86. The van der Waals surface area contributed by atoms with Crippen LogP contribution in [0.5, 0.6) is 0 Å². The fourth-order valence-electron chi connectivity index (χ4n) is 4.19. The Morgan fingerprint density at radius 3 is 1.50 bits per heavy atom. The van der Waals surface area contributed by atoms with Gasteiger partial charge in [0.15, 0.2) is 0 Å².